The number of ether oxygens (including phenoxy) is 1. The summed E-state index contributed by atoms with van der Waals surface area (Å²) in [5.41, 5.74) is 0.712. The number of anilines is 1. The predicted octanol–water partition coefficient (Wildman–Crippen LogP) is 2.66. The molecule has 0 amide bonds. The Balaban J connectivity index is 2.89. The van der Waals surface area contributed by atoms with Gasteiger partial charge in [0.1, 0.15) is 11.6 Å². The zero-order valence-electron chi connectivity index (χ0n) is 8.88. The van der Waals surface area contributed by atoms with E-state index in [0.29, 0.717) is 11.4 Å². The van der Waals surface area contributed by atoms with E-state index in [1.54, 1.807) is 6.07 Å². The van der Waals surface area contributed by atoms with E-state index < -0.39 is 0 Å². The molecule has 0 saturated heterocycles. The predicted molar refractivity (Wildman–Crippen MR) is 59.5 cm³/mol. The Kier molecular flexibility index (Phi) is 3.99. The van der Waals surface area contributed by atoms with Crippen LogP contribution in [0.1, 0.15) is 13.3 Å². The van der Waals surface area contributed by atoms with Crippen LogP contribution in [-0.4, -0.2) is 13.2 Å². The average molecular weight is 207 g/mol. The Labute approximate surface area is 89.4 Å². The monoisotopic (exact) mass is 207 g/mol. The number of methoxy groups -OCH3 is 1. The molecule has 0 saturated carbocycles. The van der Waals surface area contributed by atoms with E-state index >= 15 is 0 Å². The second kappa shape index (κ2) is 5.26. The van der Waals surface area contributed by atoms with Crippen molar-refractivity contribution in [1.82, 2.24) is 0 Å². The molecule has 0 aliphatic carbocycles. The van der Waals surface area contributed by atoms with E-state index in [-0.39, 0.29) is 11.9 Å². The summed E-state index contributed by atoms with van der Waals surface area (Å²) in [6.07, 6.45) is 6.13. The smallest absolute Gasteiger partial charge is 0.144 e. The third-order valence-electron chi connectivity index (χ3n) is 2.10. The quantitative estimate of drug-likeness (QED) is 0.766. The molecular formula is C12H14FNO. The Morgan fingerprint density at radius 1 is 1.60 bits per heavy atom. The normalized spacial score (nSPS) is 11.6. The number of nitrogens with one attached hydrogen (secondary N) is 1. The van der Waals surface area contributed by atoms with Gasteiger partial charge >= 0.3 is 0 Å². The lowest BCUT2D eigenvalue weighted by atomic mass is 10.2. The fourth-order valence-corrected chi connectivity index (χ4v) is 1.23. The van der Waals surface area contributed by atoms with Crippen molar-refractivity contribution >= 4 is 5.69 Å². The van der Waals surface area contributed by atoms with Gasteiger partial charge in [0.2, 0.25) is 0 Å². The summed E-state index contributed by atoms with van der Waals surface area (Å²) >= 11 is 0. The fraction of sp³-hybridized carbons (Fsp3) is 0.333. The van der Waals surface area contributed by atoms with E-state index in [4.69, 9.17) is 11.2 Å². The van der Waals surface area contributed by atoms with Gasteiger partial charge in [-0.1, -0.05) is 12.8 Å². The minimum absolute atomic E-state index is 0.0654. The first kappa shape index (κ1) is 11.4. The topological polar surface area (TPSA) is 21.3 Å². The molecule has 0 aliphatic rings. The lowest BCUT2D eigenvalue weighted by Crippen LogP contribution is -2.16. The van der Waals surface area contributed by atoms with Crippen molar-refractivity contribution in [3.63, 3.8) is 0 Å². The SMILES string of the molecule is C#CC(CC)Nc1ccc(F)cc1OC. The molecule has 1 unspecified atom stereocenters. The Hall–Kier alpha value is -1.69. The first-order valence-electron chi connectivity index (χ1n) is 4.77. The number of rotatable bonds is 4. The van der Waals surface area contributed by atoms with Gasteiger partial charge in [0, 0.05) is 6.07 Å². The van der Waals surface area contributed by atoms with Crippen LogP contribution in [0.25, 0.3) is 0 Å². The maximum atomic E-state index is 12.9. The number of halogens is 1. The highest BCUT2D eigenvalue weighted by Crippen LogP contribution is 2.25. The molecule has 15 heavy (non-hydrogen) atoms. The van der Waals surface area contributed by atoms with Crippen LogP contribution in [-0.2, 0) is 0 Å². The van der Waals surface area contributed by atoms with Gasteiger partial charge in [0.15, 0.2) is 0 Å². The first-order valence-corrected chi connectivity index (χ1v) is 4.77. The van der Waals surface area contributed by atoms with Gasteiger partial charge < -0.3 is 10.1 Å². The van der Waals surface area contributed by atoms with E-state index in [2.05, 4.69) is 11.2 Å². The highest BCUT2D eigenvalue weighted by Gasteiger charge is 2.07. The second-order valence-electron chi connectivity index (χ2n) is 3.12. The maximum Gasteiger partial charge on any atom is 0.144 e. The molecule has 1 aromatic carbocycles. The van der Waals surface area contributed by atoms with Gasteiger partial charge in [-0.25, -0.2) is 4.39 Å². The lowest BCUT2D eigenvalue weighted by molar-refractivity contribution is 0.412. The van der Waals surface area contributed by atoms with E-state index in [0.717, 1.165) is 6.42 Å². The zero-order chi connectivity index (χ0) is 11.3. The van der Waals surface area contributed by atoms with Crippen LogP contribution in [0, 0.1) is 18.2 Å². The summed E-state index contributed by atoms with van der Waals surface area (Å²) in [5, 5.41) is 3.10. The molecule has 0 aromatic heterocycles. The molecule has 0 aliphatic heterocycles. The van der Waals surface area contributed by atoms with Crippen LogP contribution in [0.15, 0.2) is 18.2 Å². The standard InChI is InChI=1S/C12H14FNO/c1-4-10(5-2)14-11-7-6-9(13)8-12(11)15-3/h1,6-8,10,14H,5H2,2-3H3. The number of hydrogen-bond acceptors (Lipinski definition) is 2. The third kappa shape index (κ3) is 2.88. The van der Waals surface area contributed by atoms with Crippen LogP contribution in [0.4, 0.5) is 10.1 Å². The Morgan fingerprint density at radius 2 is 2.33 bits per heavy atom. The molecule has 1 atom stereocenters. The summed E-state index contributed by atoms with van der Waals surface area (Å²) in [6, 6.07) is 4.25. The second-order valence-corrected chi connectivity index (χ2v) is 3.12. The van der Waals surface area contributed by atoms with E-state index in [1.807, 2.05) is 6.92 Å². The first-order chi connectivity index (χ1) is 7.21. The van der Waals surface area contributed by atoms with Crippen molar-refractivity contribution in [2.75, 3.05) is 12.4 Å². The molecule has 0 bridgehead atoms. The Morgan fingerprint density at radius 3 is 2.87 bits per heavy atom. The fourth-order valence-electron chi connectivity index (χ4n) is 1.23. The lowest BCUT2D eigenvalue weighted by Gasteiger charge is -2.15. The van der Waals surface area contributed by atoms with Crippen molar-refractivity contribution in [2.45, 2.75) is 19.4 Å². The van der Waals surface area contributed by atoms with Gasteiger partial charge in [-0.05, 0) is 18.6 Å². The van der Waals surface area contributed by atoms with E-state index in [9.17, 15) is 4.39 Å². The Bertz CT molecular complexity index is 370. The van der Waals surface area contributed by atoms with Crippen LogP contribution in [0.3, 0.4) is 0 Å². The molecule has 0 radical (unpaired) electrons. The molecule has 80 valence electrons. The third-order valence-corrected chi connectivity index (χ3v) is 2.10. The molecule has 0 heterocycles. The van der Waals surface area contributed by atoms with Crippen LogP contribution < -0.4 is 10.1 Å². The van der Waals surface area contributed by atoms with Crippen LogP contribution >= 0.6 is 0 Å². The molecular weight excluding hydrogens is 193 g/mol. The largest absolute Gasteiger partial charge is 0.494 e. The van der Waals surface area contributed by atoms with Crippen molar-refractivity contribution in [1.29, 1.82) is 0 Å². The van der Waals surface area contributed by atoms with Crippen molar-refractivity contribution < 1.29 is 9.13 Å². The van der Waals surface area contributed by atoms with Gasteiger partial charge in [-0.15, -0.1) is 6.42 Å². The summed E-state index contributed by atoms with van der Waals surface area (Å²) < 4.78 is 17.9. The van der Waals surface area contributed by atoms with Crippen LogP contribution in [0.5, 0.6) is 5.75 Å². The summed E-state index contributed by atoms with van der Waals surface area (Å²) in [4.78, 5) is 0. The number of benzene rings is 1. The van der Waals surface area contributed by atoms with E-state index in [1.165, 1.54) is 19.2 Å². The molecule has 3 heteroatoms. The molecule has 0 fully saturated rings. The number of terminal acetylenes is 1. The van der Waals surface area contributed by atoms with Gasteiger partial charge in [-0.3, -0.25) is 0 Å². The average Bonchev–Trinajstić information content (AvgIpc) is 2.27. The molecule has 1 aromatic rings. The van der Waals surface area contributed by atoms with Gasteiger partial charge in [-0.2, -0.15) is 0 Å². The molecule has 0 spiro atoms. The van der Waals surface area contributed by atoms with Crippen molar-refractivity contribution in [3.05, 3.63) is 24.0 Å². The molecule has 1 N–H and O–H groups in total. The highest BCUT2D eigenvalue weighted by atomic mass is 19.1. The summed E-state index contributed by atoms with van der Waals surface area (Å²) in [7, 11) is 1.50. The van der Waals surface area contributed by atoms with Gasteiger partial charge in [0.25, 0.3) is 0 Å². The number of hydrogen-bond donors (Lipinski definition) is 1. The summed E-state index contributed by atoms with van der Waals surface area (Å²) in [5.74, 6) is 2.74. The van der Waals surface area contributed by atoms with Crippen molar-refractivity contribution in [2.24, 2.45) is 0 Å². The molecule has 2 nitrogen and oxygen atoms in total. The highest BCUT2D eigenvalue weighted by molar-refractivity contribution is 5.57. The maximum absolute atomic E-state index is 12.9. The van der Waals surface area contributed by atoms with Gasteiger partial charge in [0.05, 0.1) is 18.8 Å². The zero-order valence-corrected chi connectivity index (χ0v) is 8.88. The minimum atomic E-state index is -0.328. The molecule has 1 rings (SSSR count). The van der Waals surface area contributed by atoms with Crippen LogP contribution in [0.2, 0.25) is 0 Å². The summed E-state index contributed by atoms with van der Waals surface area (Å²) in [6.45, 7) is 1.98. The van der Waals surface area contributed by atoms with Crippen molar-refractivity contribution in [3.8, 4) is 18.1 Å². The minimum Gasteiger partial charge on any atom is -0.494 e.